The van der Waals surface area contributed by atoms with Crippen molar-refractivity contribution in [2.24, 2.45) is 0 Å². The third-order valence-electron chi connectivity index (χ3n) is 3.62. The fraction of sp³-hybridized carbons (Fsp3) is 0.389. The number of nitrogens with zero attached hydrogens (tertiary/aromatic N) is 1. The second-order valence-corrected chi connectivity index (χ2v) is 6.34. The van der Waals surface area contributed by atoms with E-state index in [4.69, 9.17) is 4.42 Å². The fourth-order valence-electron chi connectivity index (χ4n) is 2.30. The highest BCUT2D eigenvalue weighted by molar-refractivity contribution is 5.73. The van der Waals surface area contributed by atoms with Crippen LogP contribution < -0.4 is 10.6 Å². The number of furan rings is 1. The summed E-state index contributed by atoms with van der Waals surface area (Å²) in [6.45, 7) is 2.97. The third kappa shape index (κ3) is 5.40. The number of hydrogen-bond acceptors (Lipinski definition) is 4. The van der Waals surface area contributed by atoms with Crippen molar-refractivity contribution in [2.75, 3.05) is 20.6 Å². The number of carbonyl (C=O) groups excluding carboxylic acids is 1. The summed E-state index contributed by atoms with van der Waals surface area (Å²) >= 11 is 0. The molecule has 0 radical (unpaired) electrons. The monoisotopic (exact) mass is 331 g/mol. The van der Waals surface area contributed by atoms with Crippen LogP contribution in [0.4, 0.5) is 4.79 Å². The van der Waals surface area contributed by atoms with Gasteiger partial charge in [0, 0.05) is 13.1 Å². The van der Waals surface area contributed by atoms with Crippen LogP contribution in [0.5, 0.6) is 0 Å². The molecule has 3 N–H and O–H groups in total. The molecule has 2 rings (SSSR count). The first-order valence-corrected chi connectivity index (χ1v) is 7.87. The normalized spacial score (nSPS) is 13.5. The number of hydrogen-bond donors (Lipinski definition) is 3. The van der Waals surface area contributed by atoms with Crippen molar-refractivity contribution < 1.29 is 14.3 Å². The zero-order valence-electron chi connectivity index (χ0n) is 14.4. The van der Waals surface area contributed by atoms with Crippen LogP contribution in [0.2, 0.25) is 0 Å². The first-order chi connectivity index (χ1) is 11.4. The Kier molecular flexibility index (Phi) is 6.00. The summed E-state index contributed by atoms with van der Waals surface area (Å²) in [6.07, 6.45) is 1.49. The largest absolute Gasteiger partial charge is 0.466 e. The molecule has 0 spiro atoms. The zero-order chi connectivity index (χ0) is 17.6. The second kappa shape index (κ2) is 7.99. The topological polar surface area (TPSA) is 77.7 Å². The summed E-state index contributed by atoms with van der Waals surface area (Å²) in [7, 11) is 4.05. The van der Waals surface area contributed by atoms with Gasteiger partial charge in [-0.15, -0.1) is 0 Å². The Morgan fingerprint density at radius 3 is 2.42 bits per heavy atom. The smallest absolute Gasteiger partial charge is 0.315 e. The van der Waals surface area contributed by atoms with Crippen molar-refractivity contribution in [3.63, 3.8) is 0 Å². The van der Waals surface area contributed by atoms with Crippen LogP contribution in [0.1, 0.15) is 23.8 Å². The van der Waals surface area contributed by atoms with E-state index in [1.165, 1.54) is 11.8 Å². The number of carbonyl (C=O) groups is 1. The molecule has 24 heavy (non-hydrogen) atoms. The van der Waals surface area contributed by atoms with Gasteiger partial charge in [0.25, 0.3) is 0 Å². The zero-order valence-corrected chi connectivity index (χ0v) is 14.4. The van der Waals surface area contributed by atoms with Gasteiger partial charge in [-0.05, 0) is 44.3 Å². The van der Waals surface area contributed by atoms with Gasteiger partial charge < -0.3 is 25.1 Å². The minimum atomic E-state index is -1.24. The van der Waals surface area contributed by atoms with E-state index in [0.717, 1.165) is 12.1 Å². The van der Waals surface area contributed by atoms with E-state index in [9.17, 15) is 9.90 Å². The molecular weight excluding hydrogens is 306 g/mol. The van der Waals surface area contributed by atoms with E-state index in [2.05, 4.69) is 27.7 Å². The van der Waals surface area contributed by atoms with Crippen LogP contribution in [-0.4, -0.2) is 36.7 Å². The molecule has 1 aromatic carbocycles. The number of rotatable bonds is 7. The molecule has 130 valence electrons. The molecule has 2 amide bonds. The molecule has 0 aliphatic carbocycles. The van der Waals surface area contributed by atoms with E-state index in [0.29, 0.717) is 12.3 Å². The molecule has 0 aliphatic rings. The Morgan fingerprint density at radius 2 is 1.83 bits per heavy atom. The molecule has 0 saturated carbocycles. The average molecular weight is 331 g/mol. The maximum Gasteiger partial charge on any atom is 0.315 e. The van der Waals surface area contributed by atoms with E-state index in [1.807, 2.05) is 26.2 Å². The third-order valence-corrected chi connectivity index (χ3v) is 3.62. The Labute approximate surface area is 142 Å². The molecule has 6 nitrogen and oxygen atoms in total. The van der Waals surface area contributed by atoms with E-state index in [-0.39, 0.29) is 12.6 Å². The predicted octanol–water partition coefficient (Wildman–Crippen LogP) is 2.05. The fourth-order valence-corrected chi connectivity index (χ4v) is 2.30. The summed E-state index contributed by atoms with van der Waals surface area (Å²) in [5.74, 6) is 0.416. The van der Waals surface area contributed by atoms with Crippen molar-refractivity contribution in [1.82, 2.24) is 15.5 Å². The van der Waals surface area contributed by atoms with Crippen LogP contribution in [0.15, 0.2) is 47.1 Å². The van der Waals surface area contributed by atoms with Crippen molar-refractivity contribution in [2.45, 2.75) is 25.6 Å². The molecule has 1 unspecified atom stereocenters. The highest BCUT2D eigenvalue weighted by atomic mass is 16.4. The highest BCUT2D eigenvalue weighted by Gasteiger charge is 2.26. The highest BCUT2D eigenvalue weighted by Crippen LogP contribution is 2.19. The molecule has 0 fully saturated rings. The number of amides is 2. The number of nitrogens with one attached hydrogen (secondary N) is 2. The van der Waals surface area contributed by atoms with Gasteiger partial charge in [0.2, 0.25) is 0 Å². The second-order valence-electron chi connectivity index (χ2n) is 6.34. The Morgan fingerprint density at radius 1 is 1.17 bits per heavy atom. The first-order valence-electron chi connectivity index (χ1n) is 7.87. The minimum Gasteiger partial charge on any atom is -0.466 e. The number of urea groups is 1. The molecule has 0 aliphatic heterocycles. The Hall–Kier alpha value is -2.31. The Bertz CT molecular complexity index is 634. The quantitative estimate of drug-likeness (QED) is 0.726. The van der Waals surface area contributed by atoms with Crippen molar-refractivity contribution >= 4 is 6.03 Å². The summed E-state index contributed by atoms with van der Waals surface area (Å²) in [6, 6.07) is 11.1. The maximum absolute atomic E-state index is 11.9. The molecule has 1 aromatic heterocycles. The van der Waals surface area contributed by atoms with Gasteiger partial charge in [-0.2, -0.15) is 0 Å². The van der Waals surface area contributed by atoms with E-state index in [1.54, 1.807) is 19.1 Å². The van der Waals surface area contributed by atoms with Crippen LogP contribution in [0.25, 0.3) is 0 Å². The van der Waals surface area contributed by atoms with Crippen LogP contribution in [0.3, 0.4) is 0 Å². The van der Waals surface area contributed by atoms with Crippen LogP contribution in [-0.2, 0) is 18.7 Å². The molecular formula is C18H25N3O3. The summed E-state index contributed by atoms with van der Waals surface area (Å²) in [5.41, 5.74) is 1.00. The lowest BCUT2D eigenvalue weighted by atomic mass is 10.0. The van der Waals surface area contributed by atoms with E-state index < -0.39 is 5.60 Å². The molecule has 6 heteroatoms. The van der Waals surface area contributed by atoms with Crippen molar-refractivity contribution in [3.05, 3.63) is 59.5 Å². The Balaban J connectivity index is 1.77. The number of aliphatic hydroxyl groups is 1. The molecule has 2 aromatic rings. The molecule has 0 saturated heterocycles. The minimum absolute atomic E-state index is 0.0636. The van der Waals surface area contributed by atoms with Gasteiger partial charge in [0.05, 0.1) is 12.8 Å². The van der Waals surface area contributed by atoms with Gasteiger partial charge in [-0.1, -0.05) is 24.3 Å². The lowest BCUT2D eigenvalue weighted by Gasteiger charge is -2.21. The van der Waals surface area contributed by atoms with Gasteiger partial charge in [-0.25, -0.2) is 4.79 Å². The van der Waals surface area contributed by atoms with Crippen molar-refractivity contribution in [1.29, 1.82) is 0 Å². The maximum atomic E-state index is 11.9. The van der Waals surface area contributed by atoms with E-state index >= 15 is 0 Å². The SMILES string of the molecule is CN(C)Cc1ccc(CNC(=O)NCC(C)(O)c2ccco2)cc1. The van der Waals surface area contributed by atoms with Gasteiger partial charge >= 0.3 is 6.03 Å². The predicted molar refractivity (Wildman–Crippen MR) is 92.4 cm³/mol. The molecule has 1 atom stereocenters. The lowest BCUT2D eigenvalue weighted by Crippen LogP contribution is -2.43. The van der Waals surface area contributed by atoms with Gasteiger partial charge in [0.15, 0.2) is 0 Å². The van der Waals surface area contributed by atoms with Crippen molar-refractivity contribution in [3.8, 4) is 0 Å². The average Bonchev–Trinajstić information content (AvgIpc) is 3.07. The first kappa shape index (κ1) is 18.0. The summed E-state index contributed by atoms with van der Waals surface area (Å²) in [5, 5.41) is 15.7. The van der Waals surface area contributed by atoms with Crippen LogP contribution >= 0.6 is 0 Å². The summed E-state index contributed by atoms with van der Waals surface area (Å²) in [4.78, 5) is 14.0. The molecule has 0 bridgehead atoms. The van der Waals surface area contributed by atoms with Gasteiger partial charge in [-0.3, -0.25) is 0 Å². The van der Waals surface area contributed by atoms with Crippen LogP contribution in [0, 0.1) is 0 Å². The lowest BCUT2D eigenvalue weighted by molar-refractivity contribution is 0.0367. The standard InChI is InChI=1S/C18H25N3O3/c1-18(23,16-5-4-10-24-16)13-20-17(22)19-11-14-6-8-15(9-7-14)12-21(2)3/h4-10,23H,11-13H2,1-3H3,(H2,19,20,22). The number of benzene rings is 1. The van der Waals surface area contributed by atoms with Gasteiger partial charge in [0.1, 0.15) is 11.4 Å². The summed E-state index contributed by atoms with van der Waals surface area (Å²) < 4.78 is 5.17. The molecule has 1 heterocycles.